The molecule has 1 heterocycles. The van der Waals surface area contributed by atoms with E-state index in [0.717, 1.165) is 32.1 Å². The number of hydrogen-bond acceptors (Lipinski definition) is 3. The fourth-order valence-electron chi connectivity index (χ4n) is 3.27. The van der Waals surface area contributed by atoms with Crippen molar-refractivity contribution >= 4 is 17.9 Å². The molecule has 0 saturated heterocycles. The van der Waals surface area contributed by atoms with Gasteiger partial charge in [0.15, 0.2) is 0 Å². The molecule has 0 aromatic heterocycles. The summed E-state index contributed by atoms with van der Waals surface area (Å²) in [6.07, 6.45) is 8.21. The molecule has 0 unspecified atom stereocenters. The summed E-state index contributed by atoms with van der Waals surface area (Å²) in [4.78, 5) is 36.6. The van der Waals surface area contributed by atoms with E-state index < -0.39 is 11.4 Å². The molecular formula is C15H22N2O4. The van der Waals surface area contributed by atoms with Gasteiger partial charge in [-0.1, -0.05) is 25.0 Å². The largest absolute Gasteiger partial charge is 0.481 e. The summed E-state index contributed by atoms with van der Waals surface area (Å²) in [5.74, 6) is -1.24. The van der Waals surface area contributed by atoms with Crippen molar-refractivity contribution in [2.24, 2.45) is 5.41 Å². The number of carboxylic acid groups (broad SMARTS) is 1. The summed E-state index contributed by atoms with van der Waals surface area (Å²) < 4.78 is 0. The van der Waals surface area contributed by atoms with Crippen molar-refractivity contribution in [1.29, 1.82) is 0 Å². The maximum atomic E-state index is 12.1. The number of carbonyl (C=O) groups excluding carboxylic acids is 2. The Hall–Kier alpha value is -1.85. The predicted octanol–water partition coefficient (Wildman–Crippen LogP) is 1.91. The topological polar surface area (TPSA) is 86.7 Å². The van der Waals surface area contributed by atoms with Gasteiger partial charge in [-0.25, -0.2) is 4.79 Å². The molecule has 0 radical (unpaired) electrons. The molecule has 1 aliphatic carbocycles. The minimum atomic E-state index is -0.878. The first-order chi connectivity index (χ1) is 10.0. The van der Waals surface area contributed by atoms with Gasteiger partial charge in [0, 0.05) is 19.5 Å². The van der Waals surface area contributed by atoms with Crippen molar-refractivity contribution in [1.82, 2.24) is 10.2 Å². The number of imide groups is 1. The molecule has 116 valence electrons. The third-order valence-corrected chi connectivity index (χ3v) is 4.32. The molecule has 2 rings (SSSR count). The van der Waals surface area contributed by atoms with Gasteiger partial charge in [-0.05, 0) is 24.7 Å². The van der Waals surface area contributed by atoms with Crippen molar-refractivity contribution in [3.8, 4) is 0 Å². The van der Waals surface area contributed by atoms with Gasteiger partial charge in [0.05, 0.1) is 6.42 Å². The van der Waals surface area contributed by atoms with Crippen molar-refractivity contribution in [2.75, 3.05) is 13.1 Å². The number of nitrogens with zero attached hydrogens (tertiary/aromatic N) is 1. The van der Waals surface area contributed by atoms with Crippen molar-refractivity contribution in [3.63, 3.8) is 0 Å². The molecule has 2 N–H and O–H groups in total. The maximum Gasteiger partial charge on any atom is 0.324 e. The van der Waals surface area contributed by atoms with Crippen LogP contribution in [-0.2, 0) is 9.59 Å². The van der Waals surface area contributed by atoms with Crippen LogP contribution in [0.3, 0.4) is 0 Å². The lowest BCUT2D eigenvalue weighted by Crippen LogP contribution is -2.45. The van der Waals surface area contributed by atoms with Gasteiger partial charge >= 0.3 is 12.0 Å². The van der Waals surface area contributed by atoms with Gasteiger partial charge in [0.2, 0.25) is 5.91 Å². The molecule has 0 aromatic rings. The summed E-state index contributed by atoms with van der Waals surface area (Å²) in [7, 11) is 0. The van der Waals surface area contributed by atoms with E-state index in [0.29, 0.717) is 13.1 Å². The highest BCUT2D eigenvalue weighted by Crippen LogP contribution is 2.43. The molecule has 0 atom stereocenters. The summed E-state index contributed by atoms with van der Waals surface area (Å²) in [5, 5.41) is 11.4. The smallest absolute Gasteiger partial charge is 0.324 e. The van der Waals surface area contributed by atoms with Crippen molar-refractivity contribution in [2.45, 2.75) is 44.9 Å². The number of rotatable bonds is 4. The molecule has 2 aliphatic rings. The van der Waals surface area contributed by atoms with Gasteiger partial charge in [0.1, 0.15) is 0 Å². The second-order valence-corrected chi connectivity index (χ2v) is 6.01. The molecule has 3 amide bonds. The highest BCUT2D eigenvalue weighted by Gasteiger charge is 2.38. The van der Waals surface area contributed by atoms with Crippen LogP contribution in [0.5, 0.6) is 0 Å². The molecule has 6 nitrogen and oxygen atoms in total. The van der Waals surface area contributed by atoms with E-state index in [-0.39, 0.29) is 24.8 Å². The van der Waals surface area contributed by atoms with Crippen LogP contribution in [0, 0.1) is 5.41 Å². The highest BCUT2D eigenvalue weighted by molar-refractivity contribution is 5.94. The lowest BCUT2D eigenvalue weighted by atomic mass is 9.79. The van der Waals surface area contributed by atoms with E-state index in [1.54, 1.807) is 4.90 Å². The zero-order valence-corrected chi connectivity index (χ0v) is 12.1. The number of nitrogens with one attached hydrogen (secondary N) is 1. The highest BCUT2D eigenvalue weighted by atomic mass is 16.4. The summed E-state index contributed by atoms with van der Waals surface area (Å²) in [5.41, 5.74) is -0.474. The summed E-state index contributed by atoms with van der Waals surface area (Å²) in [6, 6.07) is -0.382. The number of urea groups is 1. The molecule has 6 heteroatoms. The van der Waals surface area contributed by atoms with E-state index in [1.807, 2.05) is 12.2 Å². The SMILES string of the molecule is O=C(O)CC1(CC(=O)NC(=O)N2CC=CCC2)CCCC1. The molecule has 1 fully saturated rings. The minimum Gasteiger partial charge on any atom is -0.481 e. The molecule has 21 heavy (non-hydrogen) atoms. The van der Waals surface area contributed by atoms with Crippen LogP contribution in [0.4, 0.5) is 4.79 Å². The van der Waals surface area contributed by atoms with Crippen LogP contribution in [0.1, 0.15) is 44.9 Å². The lowest BCUT2D eigenvalue weighted by Gasteiger charge is -2.27. The van der Waals surface area contributed by atoms with E-state index in [4.69, 9.17) is 5.11 Å². The number of hydrogen-bond donors (Lipinski definition) is 2. The maximum absolute atomic E-state index is 12.1. The van der Waals surface area contributed by atoms with Gasteiger partial charge in [0.25, 0.3) is 0 Å². The summed E-state index contributed by atoms with van der Waals surface area (Å²) in [6.45, 7) is 1.12. The van der Waals surface area contributed by atoms with Crippen LogP contribution < -0.4 is 5.32 Å². The van der Waals surface area contributed by atoms with Crippen LogP contribution in [0.2, 0.25) is 0 Å². The minimum absolute atomic E-state index is 0.00105. The second-order valence-electron chi connectivity index (χ2n) is 6.01. The fraction of sp³-hybridized carbons (Fsp3) is 0.667. The molecule has 1 aliphatic heterocycles. The third kappa shape index (κ3) is 4.31. The van der Waals surface area contributed by atoms with E-state index in [2.05, 4.69) is 5.32 Å². The van der Waals surface area contributed by atoms with Gasteiger partial charge in [-0.3, -0.25) is 14.9 Å². The normalized spacial score (nSPS) is 20.3. The Kier molecular flexibility index (Phi) is 4.98. The average molecular weight is 294 g/mol. The van der Waals surface area contributed by atoms with Crippen molar-refractivity contribution < 1.29 is 19.5 Å². The van der Waals surface area contributed by atoms with Crippen molar-refractivity contribution in [3.05, 3.63) is 12.2 Å². The first kappa shape index (κ1) is 15.5. The standard InChI is InChI=1S/C15H22N2O4/c18-12(16-14(21)17-8-4-1-5-9-17)10-15(11-13(19)20)6-2-3-7-15/h1,4H,2-3,5-11H2,(H,19,20)(H,16,18,21). The zero-order chi connectivity index (χ0) is 15.3. The number of carbonyl (C=O) groups is 3. The predicted molar refractivity (Wildman–Crippen MR) is 76.6 cm³/mol. The van der Waals surface area contributed by atoms with E-state index in [1.165, 1.54) is 0 Å². The van der Waals surface area contributed by atoms with Crippen LogP contribution in [0.15, 0.2) is 12.2 Å². The Labute approximate surface area is 124 Å². The Balaban J connectivity index is 1.88. The Morgan fingerprint density at radius 1 is 1.14 bits per heavy atom. The first-order valence-electron chi connectivity index (χ1n) is 7.46. The molecule has 0 aromatic carbocycles. The third-order valence-electron chi connectivity index (χ3n) is 4.32. The monoisotopic (exact) mass is 294 g/mol. The quantitative estimate of drug-likeness (QED) is 0.775. The number of amides is 3. The van der Waals surface area contributed by atoms with Crippen LogP contribution in [-0.4, -0.2) is 41.0 Å². The lowest BCUT2D eigenvalue weighted by molar-refractivity contribution is -0.140. The van der Waals surface area contributed by atoms with Gasteiger partial charge < -0.3 is 10.0 Å². The van der Waals surface area contributed by atoms with Crippen LogP contribution in [0.25, 0.3) is 0 Å². The number of carboxylic acids is 1. The van der Waals surface area contributed by atoms with E-state index in [9.17, 15) is 14.4 Å². The Morgan fingerprint density at radius 2 is 1.86 bits per heavy atom. The first-order valence-corrected chi connectivity index (χ1v) is 7.46. The van der Waals surface area contributed by atoms with Gasteiger partial charge in [-0.2, -0.15) is 0 Å². The van der Waals surface area contributed by atoms with Gasteiger partial charge in [-0.15, -0.1) is 0 Å². The second kappa shape index (κ2) is 6.74. The Morgan fingerprint density at radius 3 is 2.43 bits per heavy atom. The average Bonchev–Trinajstić information content (AvgIpc) is 2.86. The molecular weight excluding hydrogens is 272 g/mol. The number of aliphatic carboxylic acids is 1. The summed E-state index contributed by atoms with van der Waals surface area (Å²) >= 11 is 0. The Bertz CT molecular complexity index is 453. The molecule has 1 saturated carbocycles. The molecule has 0 spiro atoms. The van der Waals surface area contributed by atoms with Crippen LogP contribution >= 0.6 is 0 Å². The zero-order valence-electron chi connectivity index (χ0n) is 12.1. The molecule has 0 bridgehead atoms. The van der Waals surface area contributed by atoms with E-state index >= 15 is 0 Å². The fourth-order valence-corrected chi connectivity index (χ4v) is 3.27.